The van der Waals surface area contributed by atoms with E-state index in [-0.39, 0.29) is 0 Å². The van der Waals surface area contributed by atoms with Crippen molar-refractivity contribution in [3.8, 4) is 5.75 Å². The number of rotatable bonds is 3. The van der Waals surface area contributed by atoms with E-state index >= 15 is 0 Å². The van der Waals surface area contributed by atoms with Crippen LogP contribution in [-0.2, 0) is 13.0 Å². The van der Waals surface area contributed by atoms with Gasteiger partial charge < -0.3 is 10.4 Å². The van der Waals surface area contributed by atoms with Crippen LogP contribution >= 0.6 is 0 Å². The van der Waals surface area contributed by atoms with E-state index in [4.69, 9.17) is 0 Å². The second-order valence-electron chi connectivity index (χ2n) is 6.10. The molecule has 0 fully saturated rings. The molecule has 0 spiro atoms. The zero-order valence-corrected chi connectivity index (χ0v) is 12.8. The molecule has 0 heterocycles. The van der Waals surface area contributed by atoms with Crippen molar-refractivity contribution in [3.63, 3.8) is 0 Å². The molecule has 2 N–H and O–H groups in total. The lowest BCUT2D eigenvalue weighted by Gasteiger charge is -2.26. The summed E-state index contributed by atoms with van der Waals surface area (Å²) in [5.41, 5.74) is 6.09. The van der Waals surface area contributed by atoms with Gasteiger partial charge in [0.05, 0.1) is 0 Å². The lowest BCUT2D eigenvalue weighted by atomic mass is 9.87. The predicted molar refractivity (Wildman–Crippen MR) is 86.5 cm³/mol. The molecule has 0 aromatic heterocycles. The molecule has 2 aromatic rings. The number of benzene rings is 2. The Balaban J connectivity index is 1.74. The number of phenols is 1. The lowest BCUT2D eigenvalue weighted by molar-refractivity contribution is 0.456. The van der Waals surface area contributed by atoms with Gasteiger partial charge in [0.2, 0.25) is 0 Å². The number of aromatic hydroxyl groups is 1. The highest BCUT2D eigenvalue weighted by Gasteiger charge is 2.19. The van der Waals surface area contributed by atoms with Crippen LogP contribution in [-0.4, -0.2) is 5.11 Å². The van der Waals surface area contributed by atoms with Gasteiger partial charge in [-0.3, -0.25) is 0 Å². The van der Waals surface area contributed by atoms with E-state index in [1.54, 1.807) is 0 Å². The van der Waals surface area contributed by atoms with Crippen LogP contribution in [0.4, 0.5) is 0 Å². The molecule has 0 aliphatic heterocycles. The fourth-order valence-electron chi connectivity index (χ4n) is 3.35. The minimum absolute atomic E-state index is 0.418. The highest BCUT2D eigenvalue weighted by atomic mass is 16.3. The molecule has 0 amide bonds. The third-order valence-electron chi connectivity index (χ3n) is 4.47. The van der Waals surface area contributed by atoms with Crippen LogP contribution in [0.1, 0.15) is 46.7 Å². The number of hydrogen-bond acceptors (Lipinski definition) is 2. The molecule has 0 saturated heterocycles. The Hall–Kier alpha value is -1.80. The number of nitrogens with one attached hydrogen (secondary N) is 1. The van der Waals surface area contributed by atoms with Crippen LogP contribution in [0.3, 0.4) is 0 Å². The molecule has 1 atom stereocenters. The first-order valence-electron chi connectivity index (χ1n) is 7.75. The average molecular weight is 281 g/mol. The Morgan fingerprint density at radius 3 is 2.62 bits per heavy atom. The normalized spacial score (nSPS) is 17.5. The molecule has 21 heavy (non-hydrogen) atoms. The van der Waals surface area contributed by atoms with Gasteiger partial charge in [0, 0.05) is 12.6 Å². The zero-order valence-electron chi connectivity index (χ0n) is 12.8. The molecule has 2 nitrogen and oxygen atoms in total. The second kappa shape index (κ2) is 5.90. The van der Waals surface area contributed by atoms with Gasteiger partial charge in [-0.2, -0.15) is 0 Å². The van der Waals surface area contributed by atoms with Crippen molar-refractivity contribution >= 4 is 0 Å². The topological polar surface area (TPSA) is 32.3 Å². The maximum absolute atomic E-state index is 9.86. The molecular weight excluding hydrogens is 258 g/mol. The Bertz CT molecular complexity index is 625. The minimum atomic E-state index is 0.418. The Morgan fingerprint density at radius 1 is 1.14 bits per heavy atom. The van der Waals surface area contributed by atoms with E-state index in [0.717, 1.165) is 17.7 Å². The van der Waals surface area contributed by atoms with Crippen LogP contribution in [0.25, 0.3) is 0 Å². The summed E-state index contributed by atoms with van der Waals surface area (Å²) < 4.78 is 0. The molecule has 1 unspecified atom stereocenters. The van der Waals surface area contributed by atoms with Gasteiger partial charge in [0.1, 0.15) is 5.75 Å². The van der Waals surface area contributed by atoms with Crippen LogP contribution in [0.5, 0.6) is 5.75 Å². The average Bonchev–Trinajstić information content (AvgIpc) is 2.50. The van der Waals surface area contributed by atoms with Crippen LogP contribution < -0.4 is 5.32 Å². The molecule has 2 aromatic carbocycles. The van der Waals surface area contributed by atoms with Crippen LogP contribution in [0.15, 0.2) is 36.4 Å². The number of aryl methyl sites for hydroxylation is 3. The fraction of sp³-hybridized carbons (Fsp3) is 0.368. The molecule has 1 aliphatic rings. The van der Waals surface area contributed by atoms with Crippen molar-refractivity contribution in [1.82, 2.24) is 5.32 Å². The third-order valence-corrected chi connectivity index (χ3v) is 4.47. The molecule has 3 rings (SSSR count). The number of phenolic OH excluding ortho intramolecular Hbond substituents is 1. The third kappa shape index (κ3) is 2.96. The van der Waals surface area contributed by atoms with Gasteiger partial charge in [0.15, 0.2) is 0 Å². The summed E-state index contributed by atoms with van der Waals surface area (Å²) in [6.45, 7) is 4.77. The van der Waals surface area contributed by atoms with Crippen molar-refractivity contribution in [2.45, 2.75) is 45.7 Å². The van der Waals surface area contributed by atoms with Gasteiger partial charge >= 0.3 is 0 Å². The molecule has 110 valence electrons. The smallest absolute Gasteiger partial charge is 0.121 e. The Kier molecular flexibility index (Phi) is 3.98. The maximum atomic E-state index is 9.86. The molecular formula is C19H23NO. The van der Waals surface area contributed by atoms with E-state index in [1.807, 2.05) is 13.8 Å². The van der Waals surface area contributed by atoms with E-state index in [0.29, 0.717) is 11.8 Å². The fourth-order valence-corrected chi connectivity index (χ4v) is 3.35. The molecule has 0 saturated carbocycles. The van der Waals surface area contributed by atoms with E-state index in [9.17, 15) is 5.11 Å². The van der Waals surface area contributed by atoms with Gasteiger partial charge in [0.25, 0.3) is 0 Å². The monoisotopic (exact) mass is 281 g/mol. The molecule has 2 heteroatoms. The largest absolute Gasteiger partial charge is 0.507 e. The SMILES string of the molecule is Cc1cc(CNC2CCCc3ccccc32)cc(C)c1O. The van der Waals surface area contributed by atoms with Gasteiger partial charge in [-0.1, -0.05) is 36.4 Å². The first-order valence-corrected chi connectivity index (χ1v) is 7.75. The van der Waals surface area contributed by atoms with Crippen LogP contribution in [0.2, 0.25) is 0 Å². The zero-order chi connectivity index (χ0) is 14.8. The highest BCUT2D eigenvalue weighted by Crippen LogP contribution is 2.30. The summed E-state index contributed by atoms with van der Waals surface area (Å²) in [6.07, 6.45) is 3.65. The van der Waals surface area contributed by atoms with Crippen molar-refractivity contribution in [2.24, 2.45) is 0 Å². The van der Waals surface area contributed by atoms with Crippen molar-refractivity contribution < 1.29 is 5.11 Å². The summed E-state index contributed by atoms with van der Waals surface area (Å²) in [7, 11) is 0. The van der Waals surface area contributed by atoms with Crippen molar-refractivity contribution in [3.05, 3.63) is 64.2 Å². The van der Waals surface area contributed by atoms with Crippen LogP contribution in [0, 0.1) is 13.8 Å². The van der Waals surface area contributed by atoms with Gasteiger partial charge in [-0.15, -0.1) is 0 Å². The van der Waals surface area contributed by atoms with Crippen molar-refractivity contribution in [2.75, 3.05) is 0 Å². The Labute approximate surface area is 126 Å². The molecule has 0 radical (unpaired) electrons. The number of hydrogen-bond donors (Lipinski definition) is 2. The van der Waals surface area contributed by atoms with E-state index < -0.39 is 0 Å². The van der Waals surface area contributed by atoms with E-state index in [2.05, 4.69) is 41.7 Å². The van der Waals surface area contributed by atoms with Gasteiger partial charge in [-0.25, -0.2) is 0 Å². The van der Waals surface area contributed by atoms with Crippen molar-refractivity contribution in [1.29, 1.82) is 0 Å². The predicted octanol–water partition coefficient (Wildman–Crippen LogP) is 4.18. The quantitative estimate of drug-likeness (QED) is 0.884. The maximum Gasteiger partial charge on any atom is 0.121 e. The number of fused-ring (bicyclic) bond motifs is 1. The molecule has 0 bridgehead atoms. The first-order chi connectivity index (χ1) is 10.1. The summed E-state index contributed by atoms with van der Waals surface area (Å²) in [6, 6.07) is 13.4. The Morgan fingerprint density at radius 2 is 1.86 bits per heavy atom. The summed E-state index contributed by atoms with van der Waals surface area (Å²) >= 11 is 0. The summed E-state index contributed by atoms with van der Waals surface area (Å²) in [5, 5.41) is 13.5. The minimum Gasteiger partial charge on any atom is -0.507 e. The summed E-state index contributed by atoms with van der Waals surface area (Å²) in [5.74, 6) is 0.418. The first kappa shape index (κ1) is 14.2. The standard InChI is InChI=1S/C19H23NO/c1-13-10-15(11-14(2)19(13)21)12-20-18-9-5-7-16-6-3-4-8-17(16)18/h3-4,6,8,10-11,18,20-21H,5,7,9,12H2,1-2H3. The summed E-state index contributed by atoms with van der Waals surface area (Å²) in [4.78, 5) is 0. The highest BCUT2D eigenvalue weighted by molar-refractivity contribution is 5.42. The van der Waals surface area contributed by atoms with E-state index in [1.165, 1.54) is 36.0 Å². The molecule has 1 aliphatic carbocycles. The lowest BCUT2D eigenvalue weighted by Crippen LogP contribution is -2.24. The van der Waals surface area contributed by atoms with Gasteiger partial charge in [-0.05, 0) is 60.9 Å². The second-order valence-corrected chi connectivity index (χ2v) is 6.10.